The fourth-order valence-corrected chi connectivity index (χ4v) is 4.96. The molecule has 2 aliphatic rings. The lowest BCUT2D eigenvalue weighted by atomic mass is 10.00. The summed E-state index contributed by atoms with van der Waals surface area (Å²) >= 11 is 5.92. The quantitative estimate of drug-likeness (QED) is 0.480. The Hall–Kier alpha value is -3.70. The van der Waals surface area contributed by atoms with Crippen LogP contribution in [-0.2, 0) is 9.59 Å². The molecule has 10 nitrogen and oxygen atoms in total. The number of ether oxygens (including phenoxy) is 2. The third-order valence-electron chi connectivity index (χ3n) is 6.85. The van der Waals surface area contributed by atoms with Gasteiger partial charge in [-0.05, 0) is 31.7 Å². The fraction of sp³-hybridized carbons (Fsp3) is 0.360. The summed E-state index contributed by atoms with van der Waals surface area (Å²) in [5.74, 6) is 0.0534. The van der Waals surface area contributed by atoms with E-state index in [1.54, 1.807) is 24.3 Å². The third kappa shape index (κ3) is 4.72. The van der Waals surface area contributed by atoms with E-state index in [0.29, 0.717) is 54.2 Å². The molecule has 2 aliphatic heterocycles. The lowest BCUT2D eigenvalue weighted by molar-refractivity contribution is -0.149. The van der Waals surface area contributed by atoms with Gasteiger partial charge < -0.3 is 25.4 Å². The molecule has 3 aromatic rings. The van der Waals surface area contributed by atoms with Gasteiger partial charge in [-0.1, -0.05) is 17.7 Å². The van der Waals surface area contributed by atoms with Gasteiger partial charge in [-0.15, -0.1) is 0 Å². The molecule has 0 aliphatic carbocycles. The van der Waals surface area contributed by atoms with Crippen molar-refractivity contribution in [2.24, 2.45) is 5.73 Å². The molecule has 1 aromatic heterocycles. The zero-order valence-corrected chi connectivity index (χ0v) is 21.0. The van der Waals surface area contributed by atoms with Crippen molar-refractivity contribution >= 4 is 45.8 Å². The van der Waals surface area contributed by atoms with Crippen LogP contribution in [0, 0.1) is 5.82 Å². The number of fused-ring (bicyclic) bond motifs is 1. The largest absolute Gasteiger partial charge is 0.493 e. The maximum atomic E-state index is 14.5. The van der Waals surface area contributed by atoms with Crippen LogP contribution < -0.4 is 20.5 Å². The SMILES string of the molecule is COc1cc2ncnc(Nc3cccc(Cl)c3F)c2cc1O[C@H]1C[C@H](C(=O)N2CC[C@H]2C(N)=O)N(C)C1. The van der Waals surface area contributed by atoms with Crippen LogP contribution in [0.1, 0.15) is 12.8 Å². The van der Waals surface area contributed by atoms with Gasteiger partial charge in [0.15, 0.2) is 17.3 Å². The Morgan fingerprint density at radius 1 is 1.22 bits per heavy atom. The first-order chi connectivity index (χ1) is 17.8. The summed E-state index contributed by atoms with van der Waals surface area (Å²) in [6.45, 7) is 1.01. The van der Waals surface area contributed by atoms with E-state index >= 15 is 0 Å². The standard InChI is InChI=1S/C25H26ClFN6O4/c1-32-11-13(8-19(32)25(35)33-7-6-18(33)23(28)34)37-21-9-14-17(10-20(21)36-2)29-12-30-24(14)31-16-5-3-4-15(26)22(16)27/h3-5,9-10,12-13,18-19H,6-8,11H2,1-2H3,(H2,28,34)(H,29,30,31)/t13-,18-,19+/m0/s1. The molecule has 2 amide bonds. The second-order valence-electron chi connectivity index (χ2n) is 9.14. The van der Waals surface area contributed by atoms with Crippen molar-refractivity contribution in [2.75, 3.05) is 32.6 Å². The minimum absolute atomic E-state index is 0.0103. The number of anilines is 2. The Labute approximate surface area is 217 Å². The number of methoxy groups -OCH3 is 1. The Morgan fingerprint density at radius 3 is 2.73 bits per heavy atom. The number of nitrogens with one attached hydrogen (secondary N) is 1. The molecule has 0 unspecified atom stereocenters. The summed E-state index contributed by atoms with van der Waals surface area (Å²) in [6, 6.07) is 7.12. The van der Waals surface area contributed by atoms with Gasteiger partial charge in [-0.25, -0.2) is 14.4 Å². The number of amides is 2. The van der Waals surface area contributed by atoms with Crippen molar-refractivity contribution in [2.45, 2.75) is 31.0 Å². The van der Waals surface area contributed by atoms with E-state index in [1.165, 1.54) is 24.4 Å². The Kier molecular flexibility index (Phi) is 6.74. The highest BCUT2D eigenvalue weighted by molar-refractivity contribution is 6.31. The number of benzene rings is 2. The van der Waals surface area contributed by atoms with Crippen LogP contribution in [0.5, 0.6) is 11.5 Å². The predicted molar refractivity (Wildman–Crippen MR) is 136 cm³/mol. The second kappa shape index (κ2) is 9.98. The second-order valence-corrected chi connectivity index (χ2v) is 9.55. The van der Waals surface area contributed by atoms with E-state index < -0.39 is 23.8 Å². The molecule has 2 saturated heterocycles. The summed E-state index contributed by atoms with van der Waals surface area (Å²) in [4.78, 5) is 36.7. The highest BCUT2D eigenvalue weighted by Crippen LogP contribution is 2.37. The van der Waals surface area contributed by atoms with Gasteiger partial charge in [-0.2, -0.15) is 0 Å². The van der Waals surface area contributed by atoms with Gasteiger partial charge in [0.1, 0.15) is 24.3 Å². The summed E-state index contributed by atoms with van der Waals surface area (Å²) in [5, 5.41) is 3.55. The van der Waals surface area contributed by atoms with Crippen molar-refractivity contribution in [3.63, 3.8) is 0 Å². The normalized spacial score (nSPS) is 21.5. The van der Waals surface area contributed by atoms with Crippen molar-refractivity contribution in [3.8, 4) is 11.5 Å². The van der Waals surface area contributed by atoms with E-state index in [4.69, 9.17) is 26.8 Å². The van der Waals surface area contributed by atoms with Gasteiger partial charge >= 0.3 is 0 Å². The molecule has 2 aromatic carbocycles. The number of rotatable bonds is 7. The van der Waals surface area contributed by atoms with Gasteiger partial charge in [0.25, 0.3) is 0 Å². The average molecular weight is 529 g/mol. The van der Waals surface area contributed by atoms with Gasteiger partial charge in [0.05, 0.1) is 29.4 Å². The van der Waals surface area contributed by atoms with Gasteiger partial charge in [0, 0.05) is 31.0 Å². The number of likely N-dealkylation sites (tertiary alicyclic amines) is 2. The van der Waals surface area contributed by atoms with E-state index in [0.717, 1.165) is 0 Å². The number of likely N-dealkylation sites (N-methyl/N-ethyl adjacent to an activating group) is 1. The van der Waals surface area contributed by atoms with Crippen molar-refractivity contribution in [1.82, 2.24) is 19.8 Å². The molecule has 194 valence electrons. The van der Waals surface area contributed by atoms with Crippen LogP contribution in [0.2, 0.25) is 5.02 Å². The highest BCUT2D eigenvalue weighted by Gasteiger charge is 2.44. The predicted octanol–water partition coefficient (Wildman–Crippen LogP) is 2.71. The smallest absolute Gasteiger partial charge is 0.240 e. The lowest BCUT2D eigenvalue weighted by Crippen LogP contribution is -2.60. The maximum Gasteiger partial charge on any atom is 0.240 e. The molecule has 0 bridgehead atoms. The minimum Gasteiger partial charge on any atom is -0.493 e. The Balaban J connectivity index is 1.39. The zero-order chi connectivity index (χ0) is 26.3. The highest BCUT2D eigenvalue weighted by atomic mass is 35.5. The van der Waals surface area contributed by atoms with E-state index in [9.17, 15) is 14.0 Å². The van der Waals surface area contributed by atoms with Crippen molar-refractivity contribution in [1.29, 1.82) is 0 Å². The lowest BCUT2D eigenvalue weighted by Gasteiger charge is -2.41. The van der Waals surface area contributed by atoms with Crippen LogP contribution in [-0.4, -0.2) is 77.0 Å². The molecule has 37 heavy (non-hydrogen) atoms. The topological polar surface area (TPSA) is 123 Å². The molecule has 3 heterocycles. The summed E-state index contributed by atoms with van der Waals surface area (Å²) in [7, 11) is 3.37. The van der Waals surface area contributed by atoms with Crippen LogP contribution in [0.25, 0.3) is 10.9 Å². The molecule has 2 fully saturated rings. The molecule has 0 saturated carbocycles. The third-order valence-corrected chi connectivity index (χ3v) is 7.14. The summed E-state index contributed by atoms with van der Waals surface area (Å²) in [5.41, 5.74) is 6.15. The number of hydrogen-bond acceptors (Lipinski definition) is 8. The zero-order valence-electron chi connectivity index (χ0n) is 20.3. The number of halogens is 2. The number of carbonyl (C=O) groups excluding carboxylic acids is 2. The van der Waals surface area contributed by atoms with Gasteiger partial charge in [0.2, 0.25) is 11.8 Å². The molecule has 0 spiro atoms. The molecule has 5 rings (SSSR count). The summed E-state index contributed by atoms with van der Waals surface area (Å²) in [6.07, 6.45) is 2.07. The number of nitrogens with zero attached hydrogens (tertiary/aromatic N) is 4. The Morgan fingerprint density at radius 2 is 2.03 bits per heavy atom. The van der Waals surface area contributed by atoms with Crippen molar-refractivity contribution in [3.05, 3.63) is 47.5 Å². The van der Waals surface area contributed by atoms with Gasteiger partial charge in [-0.3, -0.25) is 14.5 Å². The van der Waals surface area contributed by atoms with Crippen molar-refractivity contribution < 1.29 is 23.5 Å². The number of primary amides is 1. The molecular formula is C25H26ClFN6O4. The fourth-order valence-electron chi connectivity index (χ4n) is 4.79. The monoisotopic (exact) mass is 528 g/mol. The van der Waals surface area contributed by atoms with E-state index in [-0.39, 0.29) is 22.7 Å². The van der Waals surface area contributed by atoms with E-state index in [2.05, 4.69) is 15.3 Å². The first-order valence-electron chi connectivity index (χ1n) is 11.8. The molecule has 0 radical (unpaired) electrons. The maximum absolute atomic E-state index is 14.5. The van der Waals surface area contributed by atoms with Crippen LogP contribution in [0.15, 0.2) is 36.7 Å². The first kappa shape index (κ1) is 25.0. The molecule has 3 N–H and O–H groups in total. The molecular weight excluding hydrogens is 503 g/mol. The number of aromatic nitrogens is 2. The van der Waals surface area contributed by atoms with Crippen LogP contribution in [0.3, 0.4) is 0 Å². The average Bonchev–Trinajstić information content (AvgIpc) is 3.20. The Bertz CT molecular complexity index is 1370. The minimum atomic E-state index is -0.591. The molecule has 3 atom stereocenters. The molecule has 12 heteroatoms. The summed E-state index contributed by atoms with van der Waals surface area (Å²) < 4.78 is 26.3. The number of nitrogens with two attached hydrogens (primary N) is 1. The number of hydrogen-bond donors (Lipinski definition) is 2. The van der Waals surface area contributed by atoms with Crippen LogP contribution in [0.4, 0.5) is 15.9 Å². The van der Waals surface area contributed by atoms with E-state index in [1.807, 2.05) is 11.9 Å². The van der Waals surface area contributed by atoms with Crippen LogP contribution >= 0.6 is 11.6 Å². The first-order valence-corrected chi connectivity index (χ1v) is 12.1. The number of carbonyl (C=O) groups is 2.